The normalized spacial score (nSPS) is 16.0. The number of aromatic amines is 1. The second-order valence-electron chi connectivity index (χ2n) is 7.10. The second kappa shape index (κ2) is 8.64. The van der Waals surface area contributed by atoms with Crippen molar-refractivity contribution in [3.05, 3.63) is 34.4 Å². The summed E-state index contributed by atoms with van der Waals surface area (Å²) in [5.74, 6) is 0.840. The Morgan fingerprint density at radius 3 is 2.61 bits per heavy atom. The molecule has 8 heteroatoms. The Balaban J connectivity index is 0.00000109. The van der Waals surface area contributed by atoms with E-state index in [-0.39, 0.29) is 5.41 Å². The molecule has 0 atom stereocenters. The predicted octanol–water partition coefficient (Wildman–Crippen LogP) is 4.92. The summed E-state index contributed by atoms with van der Waals surface area (Å²) in [6, 6.07) is 5.48. The number of halogens is 2. The summed E-state index contributed by atoms with van der Waals surface area (Å²) >= 11 is 12.5. The van der Waals surface area contributed by atoms with Gasteiger partial charge < -0.3 is 10.6 Å². The molecule has 3 aromatic rings. The lowest BCUT2D eigenvalue weighted by Crippen LogP contribution is -2.42. The van der Waals surface area contributed by atoms with Crippen LogP contribution in [0.15, 0.2) is 24.4 Å². The molecular weight excluding hydrogens is 395 g/mol. The predicted molar refractivity (Wildman–Crippen MR) is 117 cm³/mol. The van der Waals surface area contributed by atoms with Crippen molar-refractivity contribution in [3.63, 3.8) is 0 Å². The number of aromatic nitrogens is 4. The van der Waals surface area contributed by atoms with Gasteiger partial charge in [-0.3, -0.25) is 5.10 Å². The van der Waals surface area contributed by atoms with Crippen LogP contribution in [-0.4, -0.2) is 39.8 Å². The number of nitrogens with one attached hydrogen (secondary N) is 1. The van der Waals surface area contributed by atoms with Gasteiger partial charge in [-0.05, 0) is 30.9 Å². The summed E-state index contributed by atoms with van der Waals surface area (Å²) in [5, 5.41) is 8.28. The number of benzene rings is 1. The Bertz CT molecular complexity index is 947. The molecule has 6 nitrogen and oxygen atoms in total. The number of H-pyrrole nitrogens is 1. The zero-order valence-electron chi connectivity index (χ0n) is 16.5. The van der Waals surface area contributed by atoms with Gasteiger partial charge in [-0.2, -0.15) is 5.10 Å². The van der Waals surface area contributed by atoms with E-state index in [4.69, 9.17) is 28.9 Å². The first-order chi connectivity index (χ1) is 13.5. The maximum absolute atomic E-state index is 6.33. The number of anilines is 1. The molecule has 3 N–H and O–H groups in total. The number of nitrogens with zero attached hydrogens (tertiary/aromatic N) is 4. The average Bonchev–Trinajstić information content (AvgIpc) is 3.15. The molecule has 4 rings (SSSR count). The lowest BCUT2D eigenvalue weighted by molar-refractivity contribution is 0.258. The molecule has 1 saturated heterocycles. The quantitative estimate of drug-likeness (QED) is 0.627. The molecule has 2 aromatic heterocycles. The summed E-state index contributed by atoms with van der Waals surface area (Å²) < 4.78 is 0. The molecule has 0 amide bonds. The largest absolute Gasteiger partial charge is 0.355 e. The van der Waals surface area contributed by atoms with E-state index in [2.05, 4.69) is 32.0 Å². The topological polar surface area (TPSA) is 83.7 Å². The highest BCUT2D eigenvalue weighted by atomic mass is 35.5. The minimum Gasteiger partial charge on any atom is -0.355 e. The lowest BCUT2D eigenvalue weighted by atomic mass is 9.80. The number of nitrogens with two attached hydrogens (primary N) is 1. The molecule has 3 heterocycles. The molecule has 0 saturated carbocycles. The molecule has 28 heavy (non-hydrogen) atoms. The summed E-state index contributed by atoms with van der Waals surface area (Å²) in [5.41, 5.74) is 8.85. The highest BCUT2D eigenvalue weighted by Crippen LogP contribution is 2.36. The van der Waals surface area contributed by atoms with Crippen LogP contribution >= 0.6 is 23.2 Å². The van der Waals surface area contributed by atoms with Gasteiger partial charge in [0.2, 0.25) is 5.65 Å². The Kier molecular flexibility index (Phi) is 6.43. The third-order valence-corrected chi connectivity index (χ3v) is 6.08. The Morgan fingerprint density at radius 2 is 1.93 bits per heavy atom. The highest BCUT2D eigenvalue weighted by molar-refractivity contribution is 6.43. The van der Waals surface area contributed by atoms with Crippen molar-refractivity contribution in [2.24, 2.45) is 11.1 Å². The van der Waals surface area contributed by atoms with Crippen LogP contribution in [-0.2, 0) is 0 Å². The number of piperidine rings is 1. The van der Waals surface area contributed by atoms with Crippen LogP contribution in [0, 0.1) is 5.41 Å². The maximum Gasteiger partial charge on any atom is 0.202 e. The molecule has 1 aromatic carbocycles. The zero-order chi connectivity index (χ0) is 20.3. The van der Waals surface area contributed by atoms with Gasteiger partial charge in [0.25, 0.3) is 0 Å². The maximum atomic E-state index is 6.33. The van der Waals surface area contributed by atoms with Crippen LogP contribution in [0.2, 0.25) is 10.0 Å². The van der Waals surface area contributed by atoms with Gasteiger partial charge in [-0.15, -0.1) is 0 Å². The third-order valence-electron chi connectivity index (χ3n) is 5.26. The van der Waals surface area contributed by atoms with Crippen molar-refractivity contribution in [1.29, 1.82) is 0 Å². The number of hydrogen-bond acceptors (Lipinski definition) is 5. The molecular formula is C20H26Cl2N6. The first kappa shape index (κ1) is 20.8. The van der Waals surface area contributed by atoms with Gasteiger partial charge in [0.05, 0.1) is 21.9 Å². The molecule has 0 radical (unpaired) electrons. The zero-order valence-corrected chi connectivity index (χ0v) is 18.0. The van der Waals surface area contributed by atoms with Crippen LogP contribution < -0.4 is 10.6 Å². The molecule has 0 spiro atoms. The molecule has 150 valence electrons. The highest BCUT2D eigenvalue weighted by Gasteiger charge is 2.29. The van der Waals surface area contributed by atoms with Crippen molar-refractivity contribution >= 4 is 40.2 Å². The van der Waals surface area contributed by atoms with E-state index in [0.29, 0.717) is 27.8 Å². The van der Waals surface area contributed by atoms with Crippen molar-refractivity contribution in [3.8, 4) is 11.3 Å². The van der Waals surface area contributed by atoms with E-state index in [1.807, 2.05) is 26.0 Å². The fraction of sp³-hybridized carbons (Fsp3) is 0.450. The van der Waals surface area contributed by atoms with Crippen molar-refractivity contribution in [2.75, 3.05) is 24.5 Å². The van der Waals surface area contributed by atoms with Crippen LogP contribution in [0.25, 0.3) is 22.4 Å². The fourth-order valence-electron chi connectivity index (χ4n) is 3.30. The van der Waals surface area contributed by atoms with Gasteiger partial charge in [0.15, 0.2) is 0 Å². The molecule has 0 aliphatic carbocycles. The van der Waals surface area contributed by atoms with Crippen molar-refractivity contribution < 1.29 is 0 Å². The lowest BCUT2D eigenvalue weighted by Gasteiger charge is -2.39. The van der Waals surface area contributed by atoms with E-state index in [9.17, 15) is 0 Å². The van der Waals surface area contributed by atoms with Gasteiger partial charge >= 0.3 is 0 Å². The standard InChI is InChI=1S/C18H20Cl2N6.C2H6/c1-18(10-21)5-7-26(8-6-18)13-9-22-16-15(24-25-17(16)23-13)11-3-2-4-12(19)14(11)20;1-2/h2-4,9H,5-8,10,21H2,1H3,(H,23,24,25);1-2H3. The molecule has 1 aliphatic heterocycles. The van der Waals surface area contributed by atoms with Gasteiger partial charge in [-0.1, -0.05) is 56.1 Å². The van der Waals surface area contributed by atoms with Crippen LogP contribution in [0.4, 0.5) is 5.82 Å². The van der Waals surface area contributed by atoms with Crippen LogP contribution in [0.5, 0.6) is 0 Å². The fourth-order valence-corrected chi connectivity index (χ4v) is 3.70. The smallest absolute Gasteiger partial charge is 0.202 e. The SMILES string of the molecule is CC.CC1(CN)CCN(c2cnc3c(-c4cccc(Cl)c4Cl)[nH]nc3n2)CC1. The summed E-state index contributed by atoms with van der Waals surface area (Å²) in [6.45, 7) is 8.80. The summed E-state index contributed by atoms with van der Waals surface area (Å²) in [6.07, 6.45) is 3.89. The molecule has 0 unspecified atom stereocenters. The minimum atomic E-state index is 0.219. The molecule has 1 fully saturated rings. The van der Waals surface area contributed by atoms with E-state index < -0.39 is 0 Å². The van der Waals surface area contributed by atoms with Crippen LogP contribution in [0.1, 0.15) is 33.6 Å². The van der Waals surface area contributed by atoms with E-state index >= 15 is 0 Å². The van der Waals surface area contributed by atoms with Crippen LogP contribution in [0.3, 0.4) is 0 Å². The van der Waals surface area contributed by atoms with E-state index in [1.165, 1.54) is 0 Å². The first-order valence-electron chi connectivity index (χ1n) is 9.61. The van der Waals surface area contributed by atoms with E-state index in [1.54, 1.807) is 12.3 Å². The van der Waals surface area contributed by atoms with Gasteiger partial charge in [0.1, 0.15) is 11.3 Å². The van der Waals surface area contributed by atoms with Gasteiger partial charge in [0, 0.05) is 18.7 Å². The Morgan fingerprint density at radius 1 is 1.21 bits per heavy atom. The Labute approximate surface area is 175 Å². The molecule has 1 aliphatic rings. The number of hydrogen-bond donors (Lipinski definition) is 2. The minimum absolute atomic E-state index is 0.219. The third kappa shape index (κ3) is 3.95. The summed E-state index contributed by atoms with van der Waals surface area (Å²) in [7, 11) is 0. The van der Waals surface area contributed by atoms with Gasteiger partial charge in [-0.25, -0.2) is 9.97 Å². The summed E-state index contributed by atoms with van der Waals surface area (Å²) in [4.78, 5) is 11.5. The van der Waals surface area contributed by atoms with E-state index in [0.717, 1.165) is 43.0 Å². The first-order valence-corrected chi connectivity index (χ1v) is 10.4. The van der Waals surface area contributed by atoms with Crippen molar-refractivity contribution in [2.45, 2.75) is 33.6 Å². The average molecular weight is 421 g/mol. The number of fused-ring (bicyclic) bond motifs is 1. The number of rotatable bonds is 3. The van der Waals surface area contributed by atoms with Crippen molar-refractivity contribution in [1.82, 2.24) is 20.2 Å². The Hall–Kier alpha value is -1.89. The second-order valence-corrected chi connectivity index (χ2v) is 7.89. The molecule has 0 bridgehead atoms. The monoisotopic (exact) mass is 420 g/mol.